The van der Waals surface area contributed by atoms with Crippen LogP contribution in [0, 0.1) is 0 Å². The van der Waals surface area contributed by atoms with Crippen molar-refractivity contribution >= 4 is 17.4 Å². The average Bonchev–Trinajstić information content (AvgIpc) is 3.71. The van der Waals surface area contributed by atoms with Crippen molar-refractivity contribution in [2.75, 3.05) is 5.73 Å². The summed E-state index contributed by atoms with van der Waals surface area (Å²) < 4.78 is 3.76. The molecule has 5 aromatic rings. The first-order valence-corrected chi connectivity index (χ1v) is 12.3. The third kappa shape index (κ3) is 3.55. The Morgan fingerprint density at radius 3 is 2.57 bits per heavy atom. The van der Waals surface area contributed by atoms with Gasteiger partial charge in [-0.25, -0.2) is 15.0 Å². The van der Waals surface area contributed by atoms with Crippen molar-refractivity contribution in [1.29, 1.82) is 0 Å². The number of H-pyrrole nitrogens is 1. The van der Waals surface area contributed by atoms with Gasteiger partial charge in [0.05, 0.1) is 23.3 Å². The molecule has 2 saturated heterocycles. The van der Waals surface area contributed by atoms with Crippen LogP contribution >= 0.6 is 0 Å². The number of pyridine rings is 1. The number of amides is 1. The molecule has 7 heterocycles. The number of carbonyl (C=O) groups excluding carboxylic acids is 1. The van der Waals surface area contributed by atoms with Gasteiger partial charge < -0.3 is 10.6 Å². The fourth-order valence-corrected chi connectivity index (χ4v) is 5.87. The summed E-state index contributed by atoms with van der Waals surface area (Å²) in [6.07, 6.45) is 12.6. The molecule has 0 saturated carbocycles. The third-order valence-corrected chi connectivity index (χ3v) is 7.58. The molecule has 2 fully saturated rings. The zero-order valence-corrected chi connectivity index (χ0v) is 20.2. The second-order valence-electron chi connectivity index (χ2n) is 9.79. The Kier molecular flexibility index (Phi) is 4.81. The minimum Gasteiger partial charge on any atom is -0.381 e. The summed E-state index contributed by atoms with van der Waals surface area (Å²) >= 11 is 0. The number of anilines is 1. The monoisotopic (exact) mass is 495 g/mol. The van der Waals surface area contributed by atoms with Gasteiger partial charge in [0.25, 0.3) is 5.91 Å². The quantitative estimate of drug-likeness (QED) is 0.386. The molecule has 1 unspecified atom stereocenters. The Bertz CT molecular complexity index is 1590. The Morgan fingerprint density at radius 2 is 1.89 bits per heavy atom. The molecular weight excluding hydrogens is 470 g/mol. The van der Waals surface area contributed by atoms with Gasteiger partial charge in [0.15, 0.2) is 11.5 Å². The van der Waals surface area contributed by atoms with E-state index in [2.05, 4.69) is 30.2 Å². The molecule has 1 amide bonds. The second-order valence-corrected chi connectivity index (χ2v) is 9.79. The molecule has 3 atom stereocenters. The maximum Gasteiger partial charge on any atom is 0.291 e. The molecule has 186 valence electrons. The Labute approximate surface area is 211 Å². The van der Waals surface area contributed by atoms with Crippen LogP contribution in [0.1, 0.15) is 47.9 Å². The number of carbonyl (C=O) groups is 1. The highest BCUT2D eigenvalue weighted by Gasteiger charge is 2.45. The first kappa shape index (κ1) is 21.7. The highest BCUT2D eigenvalue weighted by Crippen LogP contribution is 2.43. The fraction of sp³-hybridized carbons (Fsp3) is 0.320. The summed E-state index contributed by atoms with van der Waals surface area (Å²) in [5.41, 5.74) is 11.4. The van der Waals surface area contributed by atoms with Crippen molar-refractivity contribution in [2.45, 2.75) is 43.7 Å². The van der Waals surface area contributed by atoms with Gasteiger partial charge in [0, 0.05) is 49.2 Å². The molecular formula is C25H25N11O. The van der Waals surface area contributed by atoms with Crippen LogP contribution in [-0.2, 0) is 7.05 Å². The van der Waals surface area contributed by atoms with Crippen LogP contribution < -0.4 is 5.73 Å². The third-order valence-electron chi connectivity index (χ3n) is 7.58. The molecule has 3 N–H and O–H groups in total. The highest BCUT2D eigenvalue weighted by molar-refractivity contribution is 5.91. The fourth-order valence-electron chi connectivity index (χ4n) is 5.87. The van der Waals surface area contributed by atoms with E-state index in [1.54, 1.807) is 10.9 Å². The number of aromatic amines is 1. The molecule has 2 aliphatic heterocycles. The zero-order valence-electron chi connectivity index (χ0n) is 20.2. The van der Waals surface area contributed by atoms with E-state index in [9.17, 15) is 4.79 Å². The number of fused-ring (bicyclic) bond motifs is 3. The van der Waals surface area contributed by atoms with Gasteiger partial charge in [-0.05, 0) is 43.9 Å². The van der Waals surface area contributed by atoms with Gasteiger partial charge in [-0.3, -0.25) is 24.0 Å². The molecule has 0 aromatic carbocycles. The number of aryl methyl sites for hydroxylation is 1. The van der Waals surface area contributed by atoms with Crippen LogP contribution in [0.5, 0.6) is 0 Å². The summed E-state index contributed by atoms with van der Waals surface area (Å²) in [6.45, 7) is 0. The lowest BCUT2D eigenvalue weighted by atomic mass is 9.88. The van der Waals surface area contributed by atoms with Crippen molar-refractivity contribution < 1.29 is 4.79 Å². The van der Waals surface area contributed by atoms with E-state index >= 15 is 0 Å². The van der Waals surface area contributed by atoms with Crippen LogP contribution in [0.2, 0.25) is 0 Å². The average molecular weight is 496 g/mol. The van der Waals surface area contributed by atoms with Crippen molar-refractivity contribution in [1.82, 2.24) is 49.2 Å². The minimum atomic E-state index is -0.0788. The minimum absolute atomic E-state index is 0.0788. The summed E-state index contributed by atoms with van der Waals surface area (Å²) in [7, 11) is 1.88. The molecule has 7 rings (SSSR count). The first-order valence-electron chi connectivity index (χ1n) is 12.3. The number of nitrogens with two attached hydrogens (primary N) is 1. The maximum absolute atomic E-state index is 13.0. The molecule has 2 aliphatic rings. The number of piperidine rings is 1. The van der Waals surface area contributed by atoms with E-state index in [-0.39, 0.29) is 23.9 Å². The standard InChI is InChI=1S/C25H25N11O/c1-34-7-6-19(33-34)18-5-2-14(10-27-18)21-11-28-24-22(26)31-20(12-35(21)24)15-8-16-3-4-17(9-15)36(16)25(37)23-29-13-30-32-23/h2,5-7,10-13,15-17H,3-4,8-9H2,1H3,(H2,26,31)(H,29,30,32)/t15?,16-,17+. The number of hydrogen-bond donors (Lipinski definition) is 2. The SMILES string of the molecule is Cn1ccc(-c2ccc(-c3cnc4c(N)nc(C5C[C@H]6CC[C@@H](C5)N6C(=O)c5ncn[nH]5)cn34)cn2)n1. The van der Waals surface area contributed by atoms with Crippen LogP contribution in [0.3, 0.4) is 0 Å². The number of hydrogen-bond acceptors (Lipinski definition) is 8. The largest absolute Gasteiger partial charge is 0.381 e. The van der Waals surface area contributed by atoms with Crippen molar-refractivity contribution in [3.05, 3.63) is 60.8 Å². The van der Waals surface area contributed by atoms with E-state index in [1.807, 2.05) is 53.1 Å². The predicted molar refractivity (Wildman–Crippen MR) is 134 cm³/mol. The van der Waals surface area contributed by atoms with E-state index in [1.165, 1.54) is 6.33 Å². The van der Waals surface area contributed by atoms with Crippen LogP contribution in [0.4, 0.5) is 5.82 Å². The van der Waals surface area contributed by atoms with E-state index in [4.69, 9.17) is 10.7 Å². The Balaban J connectivity index is 1.19. The molecule has 2 bridgehead atoms. The van der Waals surface area contributed by atoms with Gasteiger partial charge in [0.1, 0.15) is 12.0 Å². The summed E-state index contributed by atoms with van der Waals surface area (Å²) in [4.78, 5) is 32.9. The Morgan fingerprint density at radius 1 is 1.05 bits per heavy atom. The smallest absolute Gasteiger partial charge is 0.291 e. The van der Waals surface area contributed by atoms with E-state index < -0.39 is 0 Å². The summed E-state index contributed by atoms with van der Waals surface area (Å²) in [6, 6.07) is 6.20. The molecule has 5 aromatic heterocycles. The molecule has 0 spiro atoms. The second kappa shape index (κ2) is 8.22. The van der Waals surface area contributed by atoms with Crippen molar-refractivity contribution in [3.63, 3.8) is 0 Å². The molecule has 12 heteroatoms. The van der Waals surface area contributed by atoms with Crippen LogP contribution in [0.25, 0.3) is 28.3 Å². The van der Waals surface area contributed by atoms with Gasteiger partial charge >= 0.3 is 0 Å². The van der Waals surface area contributed by atoms with Gasteiger partial charge in [-0.15, -0.1) is 0 Å². The maximum atomic E-state index is 13.0. The normalized spacial score (nSPS) is 21.1. The number of nitrogen functional groups attached to an aromatic ring is 1. The number of aromatic nitrogens is 9. The Hall–Kier alpha value is -4.61. The number of nitrogens with one attached hydrogen (secondary N) is 1. The molecule has 37 heavy (non-hydrogen) atoms. The topological polar surface area (TPSA) is 149 Å². The van der Waals surface area contributed by atoms with Gasteiger partial charge in [0.2, 0.25) is 5.82 Å². The van der Waals surface area contributed by atoms with Gasteiger partial charge in [-0.1, -0.05) is 0 Å². The molecule has 0 aliphatic carbocycles. The van der Waals surface area contributed by atoms with E-state index in [0.717, 1.165) is 54.0 Å². The van der Waals surface area contributed by atoms with Crippen molar-refractivity contribution in [2.24, 2.45) is 7.05 Å². The number of rotatable bonds is 4. The zero-order chi connectivity index (χ0) is 25.1. The van der Waals surface area contributed by atoms with Crippen LogP contribution in [-0.4, -0.2) is 67.2 Å². The summed E-state index contributed by atoms with van der Waals surface area (Å²) in [5, 5.41) is 11.0. The van der Waals surface area contributed by atoms with Gasteiger partial charge in [-0.2, -0.15) is 10.2 Å². The summed E-state index contributed by atoms with van der Waals surface area (Å²) in [5.74, 6) is 0.812. The molecule has 0 radical (unpaired) electrons. The highest BCUT2D eigenvalue weighted by atomic mass is 16.2. The van der Waals surface area contributed by atoms with E-state index in [0.29, 0.717) is 17.3 Å². The van der Waals surface area contributed by atoms with Crippen molar-refractivity contribution in [3.8, 4) is 22.6 Å². The lowest BCUT2D eigenvalue weighted by molar-refractivity contribution is 0.0557. The number of imidazole rings is 1. The number of nitrogens with zero attached hydrogens (tertiary/aromatic N) is 9. The first-order chi connectivity index (χ1) is 18.0. The lowest BCUT2D eigenvalue weighted by Gasteiger charge is -2.38. The van der Waals surface area contributed by atoms with Crippen LogP contribution in [0.15, 0.2) is 49.3 Å². The predicted octanol–water partition coefficient (Wildman–Crippen LogP) is 2.44. The molecule has 12 nitrogen and oxygen atoms in total. The lowest BCUT2D eigenvalue weighted by Crippen LogP contribution is -2.46.